The first-order valence-electron chi connectivity index (χ1n) is 5.00. The Morgan fingerprint density at radius 1 is 1.40 bits per heavy atom. The SMILES string of the molecule is C=C.CCC(=O)Cc1c(C)cccc1N. The maximum absolute atomic E-state index is 11.2. The number of hydrogen-bond donors (Lipinski definition) is 1. The van der Waals surface area contributed by atoms with Crippen LogP contribution in [0.4, 0.5) is 5.69 Å². The summed E-state index contributed by atoms with van der Waals surface area (Å²) in [4.78, 5) is 11.2. The van der Waals surface area contributed by atoms with Crippen molar-refractivity contribution in [2.24, 2.45) is 0 Å². The topological polar surface area (TPSA) is 43.1 Å². The zero-order chi connectivity index (χ0) is 11.8. The normalized spacial score (nSPS) is 8.93. The first-order chi connectivity index (χ1) is 7.15. The molecule has 0 aromatic heterocycles. The van der Waals surface area contributed by atoms with Crippen LogP contribution in [0.5, 0.6) is 0 Å². The van der Waals surface area contributed by atoms with Crippen molar-refractivity contribution in [2.75, 3.05) is 5.73 Å². The van der Waals surface area contributed by atoms with Gasteiger partial charge in [-0.2, -0.15) is 0 Å². The molecule has 15 heavy (non-hydrogen) atoms. The summed E-state index contributed by atoms with van der Waals surface area (Å²) >= 11 is 0. The zero-order valence-corrected chi connectivity index (χ0v) is 9.55. The lowest BCUT2D eigenvalue weighted by molar-refractivity contribution is -0.118. The van der Waals surface area contributed by atoms with E-state index in [1.165, 1.54) is 0 Å². The number of anilines is 1. The predicted octanol–water partition coefficient (Wildman–Crippen LogP) is 2.90. The summed E-state index contributed by atoms with van der Waals surface area (Å²) in [5.74, 6) is 0.237. The van der Waals surface area contributed by atoms with E-state index >= 15 is 0 Å². The standard InChI is InChI=1S/C11H15NO.C2H4/c1-3-9(13)7-10-8(2)5-4-6-11(10)12;1-2/h4-6H,3,7,12H2,1-2H3;1-2H2. The first kappa shape index (κ1) is 13.4. The summed E-state index contributed by atoms with van der Waals surface area (Å²) in [6.45, 7) is 9.85. The van der Waals surface area contributed by atoms with Crippen molar-refractivity contribution in [2.45, 2.75) is 26.7 Å². The van der Waals surface area contributed by atoms with Crippen LogP contribution < -0.4 is 5.73 Å². The number of carbonyl (C=O) groups is 1. The van der Waals surface area contributed by atoms with Gasteiger partial charge in [0.2, 0.25) is 0 Å². The summed E-state index contributed by atoms with van der Waals surface area (Å²) in [7, 11) is 0. The van der Waals surface area contributed by atoms with E-state index in [2.05, 4.69) is 13.2 Å². The molecular formula is C13H19NO. The molecule has 0 aliphatic carbocycles. The van der Waals surface area contributed by atoms with Crippen LogP contribution in [0.3, 0.4) is 0 Å². The Kier molecular flexibility index (Phi) is 6.11. The zero-order valence-electron chi connectivity index (χ0n) is 9.55. The molecule has 1 aromatic carbocycles. The Bertz CT molecular complexity index is 311. The van der Waals surface area contributed by atoms with Gasteiger partial charge in [0.15, 0.2) is 0 Å². The highest BCUT2D eigenvalue weighted by molar-refractivity contribution is 5.82. The summed E-state index contributed by atoms with van der Waals surface area (Å²) in [5.41, 5.74) is 8.58. The molecule has 0 atom stereocenters. The van der Waals surface area contributed by atoms with Crippen molar-refractivity contribution in [1.29, 1.82) is 0 Å². The summed E-state index contributed by atoms with van der Waals surface area (Å²) in [6.07, 6.45) is 1.04. The summed E-state index contributed by atoms with van der Waals surface area (Å²) in [6, 6.07) is 5.73. The van der Waals surface area contributed by atoms with Gasteiger partial charge in [-0.3, -0.25) is 4.79 Å². The molecule has 0 spiro atoms. The van der Waals surface area contributed by atoms with Gasteiger partial charge in [-0.25, -0.2) is 0 Å². The van der Waals surface area contributed by atoms with Crippen molar-refractivity contribution in [3.8, 4) is 0 Å². The molecule has 2 nitrogen and oxygen atoms in total. The Morgan fingerprint density at radius 2 is 2.00 bits per heavy atom. The fourth-order valence-electron chi connectivity index (χ4n) is 1.29. The molecule has 0 aliphatic heterocycles. The van der Waals surface area contributed by atoms with E-state index in [1.807, 2.05) is 32.0 Å². The second-order valence-electron chi connectivity index (χ2n) is 3.21. The van der Waals surface area contributed by atoms with E-state index in [1.54, 1.807) is 0 Å². The second kappa shape index (κ2) is 6.82. The highest BCUT2D eigenvalue weighted by Gasteiger charge is 2.06. The fraction of sp³-hybridized carbons (Fsp3) is 0.308. The number of ketones is 1. The molecular weight excluding hydrogens is 186 g/mol. The highest BCUT2D eigenvalue weighted by atomic mass is 16.1. The Hall–Kier alpha value is -1.57. The lowest BCUT2D eigenvalue weighted by atomic mass is 10.0. The smallest absolute Gasteiger partial charge is 0.137 e. The van der Waals surface area contributed by atoms with E-state index in [0.29, 0.717) is 12.8 Å². The third kappa shape index (κ3) is 3.98. The number of rotatable bonds is 3. The van der Waals surface area contributed by atoms with E-state index < -0.39 is 0 Å². The predicted molar refractivity (Wildman–Crippen MR) is 65.8 cm³/mol. The molecule has 0 amide bonds. The van der Waals surface area contributed by atoms with Gasteiger partial charge in [0.1, 0.15) is 5.78 Å². The molecule has 1 aromatic rings. The Morgan fingerprint density at radius 3 is 2.47 bits per heavy atom. The molecule has 2 heteroatoms. The van der Waals surface area contributed by atoms with Crippen molar-refractivity contribution in [3.63, 3.8) is 0 Å². The van der Waals surface area contributed by atoms with E-state index in [0.717, 1.165) is 16.8 Å². The van der Waals surface area contributed by atoms with E-state index in [-0.39, 0.29) is 5.78 Å². The highest BCUT2D eigenvalue weighted by Crippen LogP contribution is 2.17. The minimum atomic E-state index is 0.237. The third-order valence-electron chi connectivity index (χ3n) is 2.21. The van der Waals surface area contributed by atoms with Gasteiger partial charge in [0.25, 0.3) is 0 Å². The van der Waals surface area contributed by atoms with Gasteiger partial charge in [-0.1, -0.05) is 19.1 Å². The van der Waals surface area contributed by atoms with E-state index in [9.17, 15) is 4.79 Å². The number of aryl methyl sites for hydroxylation is 1. The van der Waals surface area contributed by atoms with Crippen molar-refractivity contribution in [3.05, 3.63) is 42.5 Å². The molecule has 0 heterocycles. The van der Waals surface area contributed by atoms with Crippen LogP contribution in [-0.4, -0.2) is 5.78 Å². The van der Waals surface area contributed by atoms with Crippen molar-refractivity contribution in [1.82, 2.24) is 0 Å². The van der Waals surface area contributed by atoms with Crippen LogP contribution in [0.25, 0.3) is 0 Å². The number of nitrogen functional groups attached to an aromatic ring is 1. The quantitative estimate of drug-likeness (QED) is 0.609. The van der Waals surface area contributed by atoms with Crippen LogP contribution in [0, 0.1) is 6.92 Å². The van der Waals surface area contributed by atoms with Gasteiger partial charge < -0.3 is 5.73 Å². The van der Waals surface area contributed by atoms with Crippen LogP contribution in [0.1, 0.15) is 24.5 Å². The first-order valence-corrected chi connectivity index (χ1v) is 5.00. The molecule has 0 fully saturated rings. The lowest BCUT2D eigenvalue weighted by Gasteiger charge is -2.07. The van der Waals surface area contributed by atoms with Gasteiger partial charge in [0.05, 0.1) is 0 Å². The van der Waals surface area contributed by atoms with Gasteiger partial charge in [0, 0.05) is 18.5 Å². The second-order valence-corrected chi connectivity index (χ2v) is 3.21. The third-order valence-corrected chi connectivity index (χ3v) is 2.21. The maximum atomic E-state index is 11.2. The van der Waals surface area contributed by atoms with Crippen LogP contribution in [-0.2, 0) is 11.2 Å². The molecule has 0 bridgehead atoms. The molecule has 2 N–H and O–H groups in total. The average Bonchev–Trinajstić information content (AvgIpc) is 2.26. The number of nitrogens with two attached hydrogens (primary N) is 1. The molecule has 1 rings (SSSR count). The summed E-state index contributed by atoms with van der Waals surface area (Å²) < 4.78 is 0. The molecule has 0 unspecified atom stereocenters. The summed E-state index contributed by atoms with van der Waals surface area (Å²) in [5, 5.41) is 0. The average molecular weight is 205 g/mol. The van der Waals surface area contributed by atoms with Crippen molar-refractivity contribution < 1.29 is 4.79 Å². The van der Waals surface area contributed by atoms with Crippen molar-refractivity contribution >= 4 is 11.5 Å². The number of benzene rings is 1. The van der Waals surface area contributed by atoms with Crippen LogP contribution >= 0.6 is 0 Å². The molecule has 0 saturated carbocycles. The number of hydrogen-bond acceptors (Lipinski definition) is 2. The van der Waals surface area contributed by atoms with Gasteiger partial charge in [-0.05, 0) is 24.1 Å². The van der Waals surface area contributed by atoms with Gasteiger partial charge in [-0.15, -0.1) is 13.2 Å². The molecule has 0 radical (unpaired) electrons. The van der Waals surface area contributed by atoms with Gasteiger partial charge >= 0.3 is 0 Å². The Labute approximate surface area is 91.8 Å². The lowest BCUT2D eigenvalue weighted by Crippen LogP contribution is -2.05. The molecule has 0 saturated heterocycles. The van der Waals surface area contributed by atoms with E-state index in [4.69, 9.17) is 5.73 Å². The largest absolute Gasteiger partial charge is 0.398 e. The Balaban J connectivity index is 0.000000921. The van der Waals surface area contributed by atoms with Crippen LogP contribution in [0.15, 0.2) is 31.4 Å². The minimum absolute atomic E-state index is 0.237. The molecule has 0 aliphatic rings. The molecule has 82 valence electrons. The number of carbonyl (C=O) groups excluding carboxylic acids is 1. The monoisotopic (exact) mass is 205 g/mol. The van der Waals surface area contributed by atoms with Crippen LogP contribution in [0.2, 0.25) is 0 Å². The number of Topliss-reactive ketones (excluding diaryl/α,β-unsaturated/α-hetero) is 1. The fourth-order valence-corrected chi connectivity index (χ4v) is 1.29. The minimum Gasteiger partial charge on any atom is -0.398 e. The maximum Gasteiger partial charge on any atom is 0.137 e.